The topological polar surface area (TPSA) is 21.3 Å². The quantitative estimate of drug-likeness (QED) is 0.410. The van der Waals surface area contributed by atoms with Gasteiger partial charge in [-0.3, -0.25) is 0 Å². The minimum atomic E-state index is -4.60. The third-order valence-electron chi connectivity index (χ3n) is 3.82. The van der Waals surface area contributed by atoms with Gasteiger partial charge in [-0.15, -0.1) is 0 Å². The van der Waals surface area contributed by atoms with Crippen molar-refractivity contribution in [1.29, 1.82) is 0 Å². The molecule has 0 saturated heterocycles. The molecule has 0 unspecified atom stereocenters. The Morgan fingerprint density at radius 1 is 0.893 bits per heavy atom. The van der Waals surface area contributed by atoms with Gasteiger partial charge in [-0.1, -0.05) is 28.1 Å². The second kappa shape index (κ2) is 8.18. The molecule has 0 aliphatic carbocycles. The normalized spacial score (nSPS) is 11.4. The number of benzene rings is 3. The maximum atomic E-state index is 13.9. The van der Waals surface area contributed by atoms with Crippen LogP contribution in [0.4, 0.5) is 27.6 Å². The Kier molecular flexibility index (Phi) is 5.88. The molecule has 0 aliphatic heterocycles. The largest absolute Gasteiger partial charge is 0.454 e. The summed E-state index contributed by atoms with van der Waals surface area (Å²) in [6.45, 7) is -0.0291. The van der Waals surface area contributed by atoms with Gasteiger partial charge in [-0.25, -0.2) is 8.78 Å². The van der Waals surface area contributed by atoms with Crippen LogP contribution in [0.3, 0.4) is 0 Å². The van der Waals surface area contributed by atoms with Crippen LogP contribution in [0.5, 0.6) is 11.5 Å². The van der Waals surface area contributed by atoms with E-state index in [1.54, 1.807) is 30.3 Å². The van der Waals surface area contributed by atoms with Gasteiger partial charge in [0.15, 0.2) is 11.6 Å². The molecule has 1 N–H and O–H groups in total. The zero-order chi connectivity index (χ0) is 20.3. The van der Waals surface area contributed by atoms with Crippen molar-refractivity contribution in [3.8, 4) is 11.5 Å². The fraction of sp³-hybridized carbons (Fsp3) is 0.100. The van der Waals surface area contributed by atoms with Crippen molar-refractivity contribution in [2.75, 3.05) is 5.32 Å². The van der Waals surface area contributed by atoms with Crippen LogP contribution < -0.4 is 10.1 Å². The minimum Gasteiger partial charge on any atom is -0.454 e. The summed E-state index contributed by atoms with van der Waals surface area (Å²) in [4.78, 5) is 0. The Balaban J connectivity index is 1.71. The highest BCUT2D eigenvalue weighted by Gasteiger charge is 2.31. The van der Waals surface area contributed by atoms with Crippen molar-refractivity contribution in [2.24, 2.45) is 0 Å². The van der Waals surface area contributed by atoms with Crippen molar-refractivity contribution >= 4 is 21.6 Å². The van der Waals surface area contributed by atoms with E-state index < -0.39 is 23.4 Å². The molecule has 0 bridgehead atoms. The lowest BCUT2D eigenvalue weighted by Crippen LogP contribution is -2.08. The molecule has 3 rings (SSSR count). The van der Waals surface area contributed by atoms with Crippen LogP contribution in [0.1, 0.15) is 11.1 Å². The Morgan fingerprint density at radius 3 is 2.39 bits per heavy atom. The van der Waals surface area contributed by atoms with Crippen molar-refractivity contribution < 1.29 is 26.7 Å². The van der Waals surface area contributed by atoms with Crippen LogP contribution in [0, 0.1) is 11.6 Å². The molecule has 3 aromatic rings. The van der Waals surface area contributed by atoms with Crippen LogP contribution in [0.25, 0.3) is 0 Å². The van der Waals surface area contributed by atoms with Crippen molar-refractivity contribution in [1.82, 2.24) is 0 Å². The Bertz CT molecular complexity index is 991. The van der Waals surface area contributed by atoms with Gasteiger partial charge in [0.2, 0.25) is 0 Å². The van der Waals surface area contributed by atoms with E-state index in [1.807, 2.05) is 0 Å². The molecule has 8 heteroatoms. The first-order chi connectivity index (χ1) is 13.2. The first kappa shape index (κ1) is 20.1. The number of alkyl halides is 3. The van der Waals surface area contributed by atoms with Gasteiger partial charge in [-0.2, -0.15) is 13.2 Å². The third kappa shape index (κ3) is 5.01. The highest BCUT2D eigenvalue weighted by Crippen LogP contribution is 2.31. The first-order valence-electron chi connectivity index (χ1n) is 8.05. The predicted molar refractivity (Wildman–Crippen MR) is 99.3 cm³/mol. The zero-order valence-electron chi connectivity index (χ0n) is 14.2. The molecule has 0 heterocycles. The number of nitrogens with one attached hydrogen (secondary N) is 1. The molecule has 28 heavy (non-hydrogen) atoms. The molecule has 0 fully saturated rings. The van der Waals surface area contributed by atoms with Gasteiger partial charge in [0, 0.05) is 28.3 Å². The van der Waals surface area contributed by atoms with Gasteiger partial charge in [0.05, 0.1) is 5.56 Å². The van der Waals surface area contributed by atoms with E-state index in [9.17, 15) is 22.0 Å². The fourth-order valence-corrected chi connectivity index (χ4v) is 2.76. The van der Waals surface area contributed by atoms with E-state index in [1.165, 1.54) is 12.1 Å². The monoisotopic (exact) mass is 457 g/mol. The Labute approximate surface area is 166 Å². The summed E-state index contributed by atoms with van der Waals surface area (Å²) in [6.07, 6.45) is -4.60. The lowest BCUT2D eigenvalue weighted by molar-refractivity contribution is -0.137. The maximum absolute atomic E-state index is 13.9. The standard InChI is InChI=1S/C20H13BrF5NO/c21-14-6-7-17(22)19(9-14)28-16-3-1-2-15(10-16)27-11-12-4-5-13(8-18(12)23)20(24,25)26/h1-10,27H,11H2. The van der Waals surface area contributed by atoms with E-state index in [2.05, 4.69) is 21.2 Å². The van der Waals surface area contributed by atoms with Gasteiger partial charge in [0.25, 0.3) is 0 Å². The van der Waals surface area contributed by atoms with E-state index in [4.69, 9.17) is 4.74 Å². The molecule has 0 radical (unpaired) electrons. The molecule has 0 spiro atoms. The second-order valence-corrected chi connectivity index (χ2v) is 6.78. The summed E-state index contributed by atoms with van der Waals surface area (Å²) in [5.41, 5.74) is -0.426. The summed E-state index contributed by atoms with van der Waals surface area (Å²) in [7, 11) is 0. The van der Waals surface area contributed by atoms with E-state index in [0.29, 0.717) is 22.0 Å². The lowest BCUT2D eigenvalue weighted by atomic mass is 10.1. The average molecular weight is 458 g/mol. The second-order valence-electron chi connectivity index (χ2n) is 5.86. The number of ether oxygens (including phenoxy) is 1. The zero-order valence-corrected chi connectivity index (χ0v) is 15.7. The summed E-state index contributed by atoms with van der Waals surface area (Å²) in [5.74, 6) is -1.12. The molecular weight excluding hydrogens is 445 g/mol. The molecular formula is C20H13BrF5NO. The highest BCUT2D eigenvalue weighted by molar-refractivity contribution is 9.10. The molecule has 0 atom stereocenters. The molecule has 0 aliphatic rings. The van der Waals surface area contributed by atoms with Crippen LogP contribution in [-0.4, -0.2) is 0 Å². The fourth-order valence-electron chi connectivity index (χ4n) is 2.42. The molecule has 0 saturated carbocycles. The highest BCUT2D eigenvalue weighted by atomic mass is 79.9. The third-order valence-corrected chi connectivity index (χ3v) is 4.31. The SMILES string of the molecule is Fc1cc(C(F)(F)F)ccc1CNc1cccc(Oc2cc(Br)ccc2F)c1. The number of halogens is 6. The van der Waals surface area contributed by atoms with Crippen molar-refractivity contribution in [3.63, 3.8) is 0 Å². The summed E-state index contributed by atoms with van der Waals surface area (Å²) >= 11 is 3.23. The number of anilines is 1. The maximum Gasteiger partial charge on any atom is 0.416 e. The van der Waals surface area contributed by atoms with Crippen LogP contribution >= 0.6 is 15.9 Å². The average Bonchev–Trinajstić information content (AvgIpc) is 2.63. The molecule has 3 aromatic carbocycles. The summed E-state index contributed by atoms with van der Waals surface area (Å²) < 4.78 is 71.7. The van der Waals surface area contributed by atoms with Gasteiger partial charge in [-0.05, 0) is 42.5 Å². The van der Waals surface area contributed by atoms with Gasteiger partial charge >= 0.3 is 6.18 Å². The predicted octanol–water partition coefficient (Wildman–Crippen LogP) is 7.15. The smallest absolute Gasteiger partial charge is 0.416 e. The molecule has 0 aromatic heterocycles. The Hall–Kier alpha value is -2.61. The van der Waals surface area contributed by atoms with Crippen LogP contribution in [-0.2, 0) is 12.7 Å². The number of hydrogen-bond donors (Lipinski definition) is 1. The minimum absolute atomic E-state index is 0.0281. The lowest BCUT2D eigenvalue weighted by Gasteiger charge is -2.12. The first-order valence-corrected chi connectivity index (χ1v) is 8.84. The molecule has 146 valence electrons. The van der Waals surface area contributed by atoms with E-state index in [-0.39, 0.29) is 17.9 Å². The van der Waals surface area contributed by atoms with Crippen LogP contribution in [0.2, 0.25) is 0 Å². The molecule has 2 nitrogen and oxygen atoms in total. The number of rotatable bonds is 5. The van der Waals surface area contributed by atoms with Gasteiger partial charge in [0.1, 0.15) is 11.6 Å². The van der Waals surface area contributed by atoms with Crippen molar-refractivity contribution in [2.45, 2.75) is 12.7 Å². The Morgan fingerprint density at radius 2 is 1.68 bits per heavy atom. The van der Waals surface area contributed by atoms with Gasteiger partial charge < -0.3 is 10.1 Å². The summed E-state index contributed by atoms with van der Waals surface area (Å²) in [6, 6.07) is 13.2. The van der Waals surface area contributed by atoms with Crippen molar-refractivity contribution in [3.05, 3.63) is 87.9 Å². The molecule has 0 amide bonds. The van der Waals surface area contributed by atoms with E-state index >= 15 is 0 Å². The van der Waals surface area contributed by atoms with Crippen LogP contribution in [0.15, 0.2) is 65.1 Å². The summed E-state index contributed by atoms with van der Waals surface area (Å²) in [5, 5.41) is 2.91. The number of hydrogen-bond acceptors (Lipinski definition) is 2. The van der Waals surface area contributed by atoms with E-state index in [0.717, 1.165) is 12.1 Å².